The van der Waals surface area contributed by atoms with Gasteiger partial charge in [0.05, 0.1) is 31.9 Å². The fourth-order valence-electron chi connectivity index (χ4n) is 4.41. The maximum atomic E-state index is 11.6. The second kappa shape index (κ2) is 10.5. The molecule has 2 aliphatic rings. The summed E-state index contributed by atoms with van der Waals surface area (Å²) in [4.78, 5) is 33.9. The van der Waals surface area contributed by atoms with E-state index in [1.54, 1.807) is 10.7 Å². The highest BCUT2D eigenvalue weighted by molar-refractivity contribution is 5.72. The lowest BCUT2D eigenvalue weighted by Gasteiger charge is -2.30. The number of carbonyl (C=O) groups is 1. The quantitative estimate of drug-likeness (QED) is 0.174. The summed E-state index contributed by atoms with van der Waals surface area (Å²) in [5, 5.41) is 28.7. The van der Waals surface area contributed by atoms with E-state index in [1.807, 2.05) is 6.07 Å². The Labute approximate surface area is 207 Å². The van der Waals surface area contributed by atoms with Crippen molar-refractivity contribution in [2.75, 3.05) is 29.6 Å². The highest BCUT2D eigenvalue weighted by Crippen LogP contribution is 2.30. The minimum atomic E-state index is -1.18. The van der Waals surface area contributed by atoms with Crippen LogP contribution in [0.4, 0.5) is 17.3 Å². The molecule has 3 aromatic heterocycles. The van der Waals surface area contributed by atoms with Crippen molar-refractivity contribution >= 4 is 28.9 Å². The van der Waals surface area contributed by atoms with Crippen LogP contribution in [0.25, 0.3) is 5.65 Å². The molecule has 0 amide bonds. The number of hydrogen-bond donors (Lipinski definition) is 6. The molecule has 192 valence electrons. The fourth-order valence-corrected chi connectivity index (χ4v) is 4.41. The molecular weight excluding hydrogens is 466 g/mol. The Bertz CT molecular complexity index is 1260. The number of aliphatic hydroxyl groups is 1. The van der Waals surface area contributed by atoms with Crippen molar-refractivity contribution in [1.29, 1.82) is 0 Å². The fraction of sp³-hybridized carbons (Fsp3) is 0.522. The molecule has 3 aromatic rings. The van der Waals surface area contributed by atoms with Gasteiger partial charge in [0, 0.05) is 30.3 Å². The predicted octanol–water partition coefficient (Wildman–Crippen LogP) is 0.976. The van der Waals surface area contributed by atoms with Gasteiger partial charge in [-0.3, -0.25) is 9.59 Å². The lowest BCUT2D eigenvalue weighted by atomic mass is 9.91. The van der Waals surface area contributed by atoms with Gasteiger partial charge in [-0.05, 0) is 38.5 Å². The molecule has 2 aliphatic carbocycles. The second-order valence-electron chi connectivity index (χ2n) is 9.27. The summed E-state index contributed by atoms with van der Waals surface area (Å²) in [5.74, 6) is 0.660. The number of nitrogens with one attached hydrogen (secondary N) is 5. The predicted molar refractivity (Wildman–Crippen MR) is 133 cm³/mol. The zero-order chi connectivity index (χ0) is 25.1. The van der Waals surface area contributed by atoms with E-state index in [4.69, 9.17) is 9.84 Å². The molecule has 2 saturated carbocycles. The molecule has 0 radical (unpaired) electrons. The maximum absolute atomic E-state index is 11.6. The third-order valence-electron chi connectivity index (χ3n) is 6.52. The van der Waals surface area contributed by atoms with Crippen LogP contribution in [0.1, 0.15) is 50.4 Å². The largest absolute Gasteiger partial charge is 0.468 e. The molecule has 36 heavy (non-hydrogen) atoms. The van der Waals surface area contributed by atoms with E-state index in [2.05, 4.69) is 36.2 Å². The number of aromatic nitrogens is 5. The first-order valence-electron chi connectivity index (χ1n) is 12.2. The Balaban J connectivity index is 1.32. The van der Waals surface area contributed by atoms with Gasteiger partial charge >= 0.3 is 5.97 Å². The summed E-state index contributed by atoms with van der Waals surface area (Å²) in [6.07, 6.45) is 7.59. The first-order valence-corrected chi connectivity index (χ1v) is 12.2. The Morgan fingerprint density at radius 3 is 2.56 bits per heavy atom. The minimum absolute atomic E-state index is 0.223. The lowest BCUT2D eigenvalue weighted by molar-refractivity contribution is -0.139. The van der Waals surface area contributed by atoms with E-state index < -0.39 is 6.23 Å². The van der Waals surface area contributed by atoms with E-state index in [0.29, 0.717) is 23.2 Å². The highest BCUT2D eigenvalue weighted by Gasteiger charge is 2.26. The van der Waals surface area contributed by atoms with Crippen LogP contribution in [0.15, 0.2) is 29.5 Å². The van der Waals surface area contributed by atoms with Gasteiger partial charge in [0.15, 0.2) is 11.9 Å². The third-order valence-corrected chi connectivity index (χ3v) is 6.52. The Hall–Kier alpha value is -3.71. The first kappa shape index (κ1) is 24.0. The van der Waals surface area contributed by atoms with Crippen LogP contribution in [-0.2, 0) is 9.53 Å². The molecular formula is C23H31N9O4. The molecule has 0 aromatic carbocycles. The number of nitrogens with zero attached hydrogens (tertiary/aromatic N) is 4. The van der Waals surface area contributed by atoms with Crippen molar-refractivity contribution in [3.63, 3.8) is 0 Å². The van der Waals surface area contributed by atoms with Gasteiger partial charge in [0.1, 0.15) is 17.3 Å². The van der Waals surface area contributed by atoms with Crippen LogP contribution < -0.4 is 26.8 Å². The number of methoxy groups -OCH3 is 1. The lowest BCUT2D eigenvalue weighted by Crippen LogP contribution is -2.39. The Morgan fingerprint density at radius 1 is 1.11 bits per heavy atom. The van der Waals surface area contributed by atoms with Gasteiger partial charge in [-0.25, -0.2) is 14.5 Å². The number of aromatic amines is 1. The zero-order valence-electron chi connectivity index (χ0n) is 20.0. The average molecular weight is 498 g/mol. The van der Waals surface area contributed by atoms with Gasteiger partial charge in [0.2, 0.25) is 0 Å². The summed E-state index contributed by atoms with van der Waals surface area (Å²) >= 11 is 0. The van der Waals surface area contributed by atoms with Crippen LogP contribution in [0.2, 0.25) is 0 Å². The van der Waals surface area contributed by atoms with Gasteiger partial charge in [-0.1, -0.05) is 0 Å². The first-order chi connectivity index (χ1) is 17.5. The molecule has 13 heteroatoms. The van der Waals surface area contributed by atoms with Crippen molar-refractivity contribution in [1.82, 2.24) is 29.9 Å². The van der Waals surface area contributed by atoms with Crippen molar-refractivity contribution in [3.05, 3.63) is 40.7 Å². The van der Waals surface area contributed by atoms with E-state index in [-0.39, 0.29) is 36.0 Å². The minimum Gasteiger partial charge on any atom is -0.468 e. The summed E-state index contributed by atoms with van der Waals surface area (Å²) in [6, 6.07) is 4.15. The molecule has 3 heterocycles. The van der Waals surface area contributed by atoms with Crippen LogP contribution in [0, 0.1) is 0 Å². The van der Waals surface area contributed by atoms with E-state index in [1.165, 1.54) is 19.5 Å². The van der Waals surface area contributed by atoms with Crippen molar-refractivity contribution in [2.24, 2.45) is 0 Å². The molecule has 0 saturated heterocycles. The molecule has 2 fully saturated rings. The number of ether oxygens (including phenoxy) is 1. The number of aliphatic hydroxyl groups excluding tert-OH is 1. The van der Waals surface area contributed by atoms with E-state index >= 15 is 0 Å². The number of esters is 1. The summed E-state index contributed by atoms with van der Waals surface area (Å²) < 4.78 is 6.31. The normalized spacial score (nSPS) is 20.6. The molecule has 6 N–H and O–H groups in total. The molecule has 1 unspecified atom stereocenters. The number of imidazole rings is 1. The van der Waals surface area contributed by atoms with Crippen molar-refractivity contribution < 1.29 is 14.6 Å². The third kappa shape index (κ3) is 5.74. The number of fused-ring (bicyclic) bond motifs is 1. The number of anilines is 3. The Kier molecular flexibility index (Phi) is 7.00. The van der Waals surface area contributed by atoms with Crippen LogP contribution in [-0.4, -0.2) is 67.4 Å². The topological polar surface area (TPSA) is 171 Å². The average Bonchev–Trinajstić information content (AvgIpc) is 3.58. The molecule has 0 aliphatic heterocycles. The second-order valence-corrected chi connectivity index (χ2v) is 9.27. The number of carbonyl (C=O) groups excluding carboxylic acids is 1. The van der Waals surface area contributed by atoms with Crippen molar-refractivity contribution in [3.8, 4) is 0 Å². The van der Waals surface area contributed by atoms with Gasteiger partial charge in [0.25, 0.3) is 5.56 Å². The maximum Gasteiger partial charge on any atom is 0.319 e. The van der Waals surface area contributed by atoms with Gasteiger partial charge in [-0.15, -0.1) is 5.10 Å². The van der Waals surface area contributed by atoms with Crippen LogP contribution in [0.5, 0.6) is 0 Å². The molecule has 1 atom stereocenters. The Morgan fingerprint density at radius 2 is 1.83 bits per heavy atom. The number of hydrogen-bond acceptors (Lipinski definition) is 11. The number of H-pyrrole nitrogens is 1. The van der Waals surface area contributed by atoms with E-state index in [9.17, 15) is 14.7 Å². The molecule has 13 nitrogen and oxygen atoms in total. The van der Waals surface area contributed by atoms with Crippen molar-refractivity contribution in [2.45, 2.75) is 62.9 Å². The zero-order valence-corrected chi connectivity index (χ0v) is 20.0. The highest BCUT2D eigenvalue weighted by atomic mass is 16.5. The van der Waals surface area contributed by atoms with E-state index in [0.717, 1.165) is 44.2 Å². The SMILES string of the molecule is COC(=O)CNC1CCC(Nc2cc(NC3CC3)c3ncc(C(O)Nc4cc(=O)[nH]cn4)n3n2)CC1. The van der Waals surface area contributed by atoms with Crippen LogP contribution in [0.3, 0.4) is 0 Å². The number of rotatable bonds is 10. The molecule has 0 bridgehead atoms. The summed E-state index contributed by atoms with van der Waals surface area (Å²) in [6.45, 7) is 0.223. The standard InChI is InChI=1S/C23H31N9O4/c1-36-21(34)11-24-13-2-4-15(5-3-13)29-19-8-16(28-14-6-7-14)22-25-10-17(32(22)31-19)23(35)30-18-9-20(33)27-12-26-18/h8-10,12-15,23-24,28,35H,2-7,11H2,1H3,(H,29,31)(H2,26,27,30,33). The smallest absolute Gasteiger partial charge is 0.319 e. The summed E-state index contributed by atoms with van der Waals surface area (Å²) in [7, 11) is 1.39. The van der Waals surface area contributed by atoms with Gasteiger partial charge in [-0.2, -0.15) is 0 Å². The molecule has 5 rings (SSSR count). The van der Waals surface area contributed by atoms with Crippen LogP contribution >= 0.6 is 0 Å². The molecule has 0 spiro atoms. The van der Waals surface area contributed by atoms with Gasteiger partial charge < -0.3 is 36.1 Å². The summed E-state index contributed by atoms with van der Waals surface area (Å²) in [5.41, 5.74) is 1.55. The monoisotopic (exact) mass is 497 g/mol.